The second-order valence-electron chi connectivity index (χ2n) is 4.86. The number of benzene rings is 1. The lowest BCUT2D eigenvalue weighted by atomic mass is 10.1. The third kappa shape index (κ3) is 2.76. The fraction of sp³-hybridized carbons (Fsp3) is 0.312. The maximum atomic E-state index is 5.97. The molecule has 0 saturated carbocycles. The highest BCUT2D eigenvalue weighted by atomic mass is 32.1. The Balaban J connectivity index is 1.89. The fourth-order valence-corrected chi connectivity index (χ4v) is 3.03. The molecule has 2 aromatic heterocycles. The summed E-state index contributed by atoms with van der Waals surface area (Å²) in [6, 6.07) is 10.4. The van der Waals surface area contributed by atoms with Gasteiger partial charge in [-0.3, -0.25) is 0 Å². The first-order chi connectivity index (χ1) is 9.76. The Bertz CT molecular complexity index is 668. The number of fused-ring (bicyclic) bond motifs is 1. The molecule has 1 aromatic carbocycles. The third-order valence-corrected chi connectivity index (χ3v) is 4.14. The zero-order valence-corrected chi connectivity index (χ0v) is 12.5. The quantitative estimate of drug-likeness (QED) is 0.767. The number of nitrogens with zero attached hydrogens (tertiary/aromatic N) is 1. The van der Waals surface area contributed by atoms with Gasteiger partial charge in [-0.25, -0.2) is 4.98 Å². The Morgan fingerprint density at radius 3 is 2.90 bits per heavy atom. The standard InChI is InChI=1S/C16H18N2OS/c1-3-17-14(9-13-10-20-11(2)18-13)16-8-12-6-4-5-7-15(12)19-16/h4-8,10,14,17H,3,9H2,1-2H3. The van der Waals surface area contributed by atoms with Crippen LogP contribution in [0.1, 0.15) is 29.4 Å². The lowest BCUT2D eigenvalue weighted by Crippen LogP contribution is -2.22. The van der Waals surface area contributed by atoms with Crippen molar-refractivity contribution in [3.05, 3.63) is 52.2 Å². The number of thiazole rings is 1. The smallest absolute Gasteiger partial charge is 0.134 e. The molecule has 0 fully saturated rings. The predicted octanol–water partition coefficient (Wildman–Crippen LogP) is 4.09. The highest BCUT2D eigenvalue weighted by molar-refractivity contribution is 7.09. The van der Waals surface area contributed by atoms with Gasteiger partial charge in [0.15, 0.2) is 0 Å². The van der Waals surface area contributed by atoms with E-state index in [9.17, 15) is 0 Å². The minimum Gasteiger partial charge on any atom is -0.459 e. The van der Waals surface area contributed by atoms with Crippen molar-refractivity contribution in [2.75, 3.05) is 6.54 Å². The molecule has 1 N–H and O–H groups in total. The van der Waals surface area contributed by atoms with Crippen LogP contribution < -0.4 is 5.32 Å². The maximum absolute atomic E-state index is 5.97. The molecule has 1 atom stereocenters. The fourth-order valence-electron chi connectivity index (χ4n) is 2.41. The van der Waals surface area contributed by atoms with Crippen LogP contribution >= 0.6 is 11.3 Å². The molecule has 0 amide bonds. The second-order valence-corrected chi connectivity index (χ2v) is 5.92. The van der Waals surface area contributed by atoms with Gasteiger partial charge in [-0.05, 0) is 25.6 Å². The molecule has 4 heteroatoms. The lowest BCUT2D eigenvalue weighted by Gasteiger charge is -2.13. The van der Waals surface area contributed by atoms with Gasteiger partial charge in [0.2, 0.25) is 0 Å². The first kappa shape index (κ1) is 13.3. The van der Waals surface area contributed by atoms with Crippen molar-refractivity contribution in [2.24, 2.45) is 0 Å². The van der Waals surface area contributed by atoms with Crippen LogP contribution in [0.25, 0.3) is 11.0 Å². The minimum atomic E-state index is 0.175. The molecule has 2 heterocycles. The molecule has 0 bridgehead atoms. The van der Waals surface area contributed by atoms with Gasteiger partial charge < -0.3 is 9.73 Å². The van der Waals surface area contributed by atoms with Crippen molar-refractivity contribution in [3.63, 3.8) is 0 Å². The molecule has 0 aliphatic rings. The number of aromatic nitrogens is 1. The average Bonchev–Trinajstić information content (AvgIpc) is 3.04. The lowest BCUT2D eigenvalue weighted by molar-refractivity contribution is 0.433. The number of nitrogens with one attached hydrogen (secondary N) is 1. The molecule has 0 radical (unpaired) electrons. The van der Waals surface area contributed by atoms with Crippen LogP contribution in [0.2, 0.25) is 0 Å². The molecule has 0 spiro atoms. The average molecular weight is 286 g/mol. The minimum absolute atomic E-state index is 0.175. The molecule has 1 unspecified atom stereocenters. The number of likely N-dealkylation sites (N-methyl/N-ethyl adjacent to an activating group) is 1. The number of aryl methyl sites for hydroxylation is 1. The van der Waals surface area contributed by atoms with Crippen LogP contribution in [-0.4, -0.2) is 11.5 Å². The van der Waals surface area contributed by atoms with E-state index in [1.807, 2.05) is 25.1 Å². The van der Waals surface area contributed by atoms with Gasteiger partial charge in [0.05, 0.1) is 16.7 Å². The van der Waals surface area contributed by atoms with E-state index in [0.717, 1.165) is 40.4 Å². The normalized spacial score (nSPS) is 12.9. The van der Waals surface area contributed by atoms with E-state index in [0.29, 0.717) is 0 Å². The molecule has 0 saturated heterocycles. The summed E-state index contributed by atoms with van der Waals surface area (Å²) < 4.78 is 5.97. The van der Waals surface area contributed by atoms with E-state index in [-0.39, 0.29) is 6.04 Å². The number of rotatable bonds is 5. The Hall–Kier alpha value is -1.65. The Labute approximate surface area is 122 Å². The van der Waals surface area contributed by atoms with E-state index < -0.39 is 0 Å². The van der Waals surface area contributed by atoms with Crippen molar-refractivity contribution >= 4 is 22.3 Å². The van der Waals surface area contributed by atoms with E-state index in [4.69, 9.17) is 4.42 Å². The summed E-state index contributed by atoms with van der Waals surface area (Å²) in [5, 5.41) is 7.88. The van der Waals surface area contributed by atoms with Gasteiger partial charge in [0, 0.05) is 17.2 Å². The van der Waals surface area contributed by atoms with E-state index >= 15 is 0 Å². The molecule has 20 heavy (non-hydrogen) atoms. The van der Waals surface area contributed by atoms with Crippen LogP contribution in [0.3, 0.4) is 0 Å². The Morgan fingerprint density at radius 2 is 2.20 bits per heavy atom. The number of hydrogen-bond acceptors (Lipinski definition) is 4. The van der Waals surface area contributed by atoms with Crippen molar-refractivity contribution in [1.82, 2.24) is 10.3 Å². The molecule has 0 aliphatic heterocycles. The van der Waals surface area contributed by atoms with Gasteiger partial charge in [-0.1, -0.05) is 25.1 Å². The van der Waals surface area contributed by atoms with Crippen molar-refractivity contribution in [2.45, 2.75) is 26.3 Å². The molecule has 3 rings (SSSR count). The Morgan fingerprint density at radius 1 is 1.35 bits per heavy atom. The van der Waals surface area contributed by atoms with Crippen LogP contribution in [-0.2, 0) is 6.42 Å². The third-order valence-electron chi connectivity index (χ3n) is 3.32. The highest BCUT2D eigenvalue weighted by Gasteiger charge is 2.17. The van der Waals surface area contributed by atoms with Crippen molar-refractivity contribution in [3.8, 4) is 0 Å². The predicted molar refractivity (Wildman–Crippen MR) is 83.2 cm³/mol. The topological polar surface area (TPSA) is 38.1 Å². The van der Waals surface area contributed by atoms with E-state index in [1.54, 1.807) is 11.3 Å². The van der Waals surface area contributed by atoms with E-state index in [1.165, 1.54) is 0 Å². The molecular weight excluding hydrogens is 268 g/mol. The summed E-state index contributed by atoms with van der Waals surface area (Å²) in [7, 11) is 0. The number of para-hydroxylation sites is 1. The van der Waals surface area contributed by atoms with Crippen LogP contribution in [0.5, 0.6) is 0 Å². The summed E-state index contributed by atoms with van der Waals surface area (Å²) in [6.07, 6.45) is 0.859. The zero-order chi connectivity index (χ0) is 13.9. The van der Waals surface area contributed by atoms with Crippen LogP contribution in [0.4, 0.5) is 0 Å². The van der Waals surface area contributed by atoms with Gasteiger partial charge in [0.25, 0.3) is 0 Å². The number of furan rings is 1. The number of hydrogen-bond donors (Lipinski definition) is 1. The second kappa shape index (κ2) is 5.77. The van der Waals surface area contributed by atoms with Crippen LogP contribution in [0, 0.1) is 6.92 Å². The molecule has 104 valence electrons. The summed E-state index contributed by atoms with van der Waals surface area (Å²) in [5.74, 6) is 0.985. The molecule has 3 nitrogen and oxygen atoms in total. The summed E-state index contributed by atoms with van der Waals surface area (Å²) in [4.78, 5) is 4.55. The summed E-state index contributed by atoms with van der Waals surface area (Å²) >= 11 is 1.70. The monoisotopic (exact) mass is 286 g/mol. The van der Waals surface area contributed by atoms with Gasteiger partial charge in [-0.15, -0.1) is 11.3 Å². The SMILES string of the molecule is CCNC(Cc1csc(C)n1)c1cc2ccccc2o1. The molecule has 0 aliphatic carbocycles. The van der Waals surface area contributed by atoms with Gasteiger partial charge >= 0.3 is 0 Å². The highest BCUT2D eigenvalue weighted by Crippen LogP contribution is 2.26. The van der Waals surface area contributed by atoms with Crippen LogP contribution in [0.15, 0.2) is 40.1 Å². The van der Waals surface area contributed by atoms with Gasteiger partial charge in [0.1, 0.15) is 11.3 Å². The first-order valence-corrected chi connectivity index (χ1v) is 7.77. The van der Waals surface area contributed by atoms with Crippen molar-refractivity contribution in [1.29, 1.82) is 0 Å². The summed E-state index contributed by atoms with van der Waals surface area (Å²) in [6.45, 7) is 5.06. The summed E-state index contributed by atoms with van der Waals surface area (Å²) in [5.41, 5.74) is 2.07. The van der Waals surface area contributed by atoms with Gasteiger partial charge in [-0.2, -0.15) is 0 Å². The zero-order valence-electron chi connectivity index (χ0n) is 11.7. The Kier molecular flexibility index (Phi) is 3.85. The first-order valence-electron chi connectivity index (χ1n) is 6.89. The molecule has 3 aromatic rings. The van der Waals surface area contributed by atoms with Crippen molar-refractivity contribution < 1.29 is 4.42 Å². The maximum Gasteiger partial charge on any atom is 0.134 e. The largest absolute Gasteiger partial charge is 0.459 e. The van der Waals surface area contributed by atoms with E-state index in [2.05, 4.69) is 34.7 Å². The molecular formula is C16H18N2OS.